The Morgan fingerprint density at radius 1 is 1.53 bits per heavy atom. The fraction of sp³-hybridized carbons (Fsp3) is 0.909. The fourth-order valence-electron chi connectivity index (χ4n) is 1.54. The highest BCUT2D eigenvalue weighted by atomic mass is 16.5. The van der Waals surface area contributed by atoms with Crippen LogP contribution in [-0.4, -0.2) is 37.2 Å². The molecule has 0 radical (unpaired) electrons. The number of carbonyl (C=O) groups is 1. The molecule has 1 aliphatic heterocycles. The van der Waals surface area contributed by atoms with E-state index in [9.17, 15) is 4.79 Å². The first kappa shape index (κ1) is 12.5. The van der Waals surface area contributed by atoms with Gasteiger partial charge < -0.3 is 15.4 Å². The molecule has 0 aromatic heterocycles. The van der Waals surface area contributed by atoms with Gasteiger partial charge in [0.05, 0.1) is 12.2 Å². The second-order valence-corrected chi connectivity index (χ2v) is 4.97. The van der Waals surface area contributed by atoms with Crippen LogP contribution in [0.15, 0.2) is 0 Å². The van der Waals surface area contributed by atoms with Crippen molar-refractivity contribution in [3.63, 3.8) is 0 Å². The quantitative estimate of drug-likeness (QED) is 0.661. The average Bonchev–Trinajstić information content (AvgIpc) is 2.49. The Balaban J connectivity index is 1.95. The van der Waals surface area contributed by atoms with Crippen molar-refractivity contribution in [1.82, 2.24) is 10.6 Å². The summed E-state index contributed by atoms with van der Waals surface area (Å²) in [6.45, 7) is 8.53. The van der Waals surface area contributed by atoms with Crippen molar-refractivity contribution in [2.75, 3.05) is 19.7 Å². The Morgan fingerprint density at radius 2 is 2.27 bits per heavy atom. The molecule has 0 aromatic carbocycles. The molecule has 0 saturated carbocycles. The highest BCUT2D eigenvalue weighted by Gasteiger charge is 2.19. The fourth-order valence-corrected chi connectivity index (χ4v) is 1.54. The number of rotatable bonds is 5. The molecule has 4 heteroatoms. The van der Waals surface area contributed by atoms with Crippen LogP contribution in [-0.2, 0) is 9.53 Å². The predicted octanol–water partition coefficient (Wildman–Crippen LogP) is 0.670. The minimum absolute atomic E-state index is 0.0662. The van der Waals surface area contributed by atoms with Crippen molar-refractivity contribution in [3.05, 3.63) is 0 Å². The van der Waals surface area contributed by atoms with Gasteiger partial charge in [-0.1, -0.05) is 0 Å². The highest BCUT2D eigenvalue weighted by Crippen LogP contribution is 2.06. The van der Waals surface area contributed by atoms with Crippen LogP contribution in [0.25, 0.3) is 0 Å². The van der Waals surface area contributed by atoms with E-state index in [-0.39, 0.29) is 11.5 Å². The summed E-state index contributed by atoms with van der Waals surface area (Å²) in [4.78, 5) is 10.9. The number of amides is 1. The topological polar surface area (TPSA) is 50.4 Å². The van der Waals surface area contributed by atoms with E-state index in [4.69, 9.17) is 4.74 Å². The summed E-state index contributed by atoms with van der Waals surface area (Å²) < 4.78 is 5.57. The Morgan fingerprint density at radius 3 is 2.80 bits per heavy atom. The zero-order chi connectivity index (χ0) is 11.3. The van der Waals surface area contributed by atoms with Crippen LogP contribution >= 0.6 is 0 Å². The summed E-state index contributed by atoms with van der Waals surface area (Å²) in [7, 11) is 0. The van der Waals surface area contributed by atoms with Gasteiger partial charge in [-0.25, -0.2) is 0 Å². The minimum Gasteiger partial charge on any atom is -0.375 e. The van der Waals surface area contributed by atoms with Crippen molar-refractivity contribution < 1.29 is 9.53 Å². The predicted molar refractivity (Wildman–Crippen MR) is 59.7 cm³/mol. The van der Waals surface area contributed by atoms with Crippen LogP contribution < -0.4 is 10.6 Å². The molecular weight excluding hydrogens is 192 g/mol. The summed E-state index contributed by atoms with van der Waals surface area (Å²) in [6, 6.07) is 0.312. The number of hydrogen-bond acceptors (Lipinski definition) is 3. The molecule has 1 heterocycles. The molecule has 4 nitrogen and oxygen atoms in total. The van der Waals surface area contributed by atoms with Crippen LogP contribution in [0.5, 0.6) is 0 Å². The van der Waals surface area contributed by atoms with E-state index in [1.165, 1.54) is 0 Å². The first-order valence-corrected chi connectivity index (χ1v) is 5.61. The molecule has 0 aliphatic carbocycles. The van der Waals surface area contributed by atoms with Gasteiger partial charge in [-0.2, -0.15) is 0 Å². The van der Waals surface area contributed by atoms with Crippen LogP contribution in [0.3, 0.4) is 0 Å². The van der Waals surface area contributed by atoms with Gasteiger partial charge in [-0.05, 0) is 27.2 Å². The average molecular weight is 214 g/mol. The van der Waals surface area contributed by atoms with E-state index in [0.717, 1.165) is 19.5 Å². The molecule has 2 N–H and O–H groups in total. The van der Waals surface area contributed by atoms with E-state index >= 15 is 0 Å². The summed E-state index contributed by atoms with van der Waals surface area (Å²) in [6.07, 6.45) is 1.62. The van der Waals surface area contributed by atoms with Crippen molar-refractivity contribution in [3.8, 4) is 0 Å². The summed E-state index contributed by atoms with van der Waals surface area (Å²) in [5.41, 5.74) is -0.0662. The van der Waals surface area contributed by atoms with Gasteiger partial charge in [0.1, 0.15) is 0 Å². The van der Waals surface area contributed by atoms with Crippen LogP contribution in [0.4, 0.5) is 0 Å². The van der Waals surface area contributed by atoms with E-state index in [1.807, 2.05) is 20.8 Å². The lowest BCUT2D eigenvalue weighted by Crippen LogP contribution is -2.37. The number of nitrogens with one attached hydrogen (secondary N) is 2. The highest BCUT2D eigenvalue weighted by molar-refractivity contribution is 5.78. The largest absolute Gasteiger partial charge is 0.375 e. The first-order chi connectivity index (χ1) is 6.97. The smallest absolute Gasteiger partial charge is 0.220 e. The molecule has 1 saturated heterocycles. The molecule has 1 amide bonds. The molecule has 1 atom stereocenters. The van der Waals surface area contributed by atoms with Crippen molar-refractivity contribution >= 4 is 5.91 Å². The third-order valence-electron chi connectivity index (χ3n) is 2.29. The molecule has 88 valence electrons. The third-order valence-corrected chi connectivity index (χ3v) is 2.29. The maximum absolute atomic E-state index is 10.9. The normalized spacial score (nSPS) is 21.8. The van der Waals surface area contributed by atoms with E-state index < -0.39 is 0 Å². The van der Waals surface area contributed by atoms with E-state index in [1.54, 1.807) is 0 Å². The summed E-state index contributed by atoms with van der Waals surface area (Å²) >= 11 is 0. The van der Waals surface area contributed by atoms with Crippen LogP contribution in [0, 0.1) is 0 Å². The second-order valence-electron chi connectivity index (χ2n) is 4.97. The Labute approximate surface area is 91.8 Å². The van der Waals surface area contributed by atoms with Crippen molar-refractivity contribution in [1.29, 1.82) is 0 Å². The van der Waals surface area contributed by atoms with Gasteiger partial charge >= 0.3 is 0 Å². The Kier molecular flexibility index (Phi) is 4.54. The van der Waals surface area contributed by atoms with Crippen molar-refractivity contribution in [2.24, 2.45) is 0 Å². The maximum atomic E-state index is 10.9. The second kappa shape index (κ2) is 5.47. The summed E-state index contributed by atoms with van der Waals surface area (Å²) in [5.74, 6) is 0.174. The summed E-state index contributed by atoms with van der Waals surface area (Å²) in [5, 5.41) is 6.20. The Bertz CT molecular complexity index is 211. The number of carbonyl (C=O) groups excluding carboxylic acids is 1. The first-order valence-electron chi connectivity index (χ1n) is 5.61. The zero-order valence-corrected chi connectivity index (χ0v) is 9.93. The molecule has 0 aromatic rings. The standard InChI is InChI=1S/C11H22N2O2/c1-11(2,3)15-7-6-12-8-9-4-5-10(14)13-9/h9,12H,4-8H2,1-3H3,(H,13,14). The Hall–Kier alpha value is -0.610. The lowest BCUT2D eigenvalue weighted by atomic mass is 10.2. The van der Waals surface area contributed by atoms with Gasteiger partial charge in [0.15, 0.2) is 0 Å². The maximum Gasteiger partial charge on any atom is 0.220 e. The SMILES string of the molecule is CC(C)(C)OCCNCC1CCC(=O)N1. The molecule has 0 bridgehead atoms. The molecule has 15 heavy (non-hydrogen) atoms. The zero-order valence-electron chi connectivity index (χ0n) is 9.93. The van der Waals surface area contributed by atoms with Crippen LogP contribution in [0.1, 0.15) is 33.6 Å². The van der Waals surface area contributed by atoms with Gasteiger partial charge in [0, 0.05) is 25.6 Å². The molecular formula is C11H22N2O2. The van der Waals surface area contributed by atoms with E-state index in [2.05, 4.69) is 10.6 Å². The molecule has 0 spiro atoms. The molecule has 1 aliphatic rings. The lowest BCUT2D eigenvalue weighted by Gasteiger charge is -2.20. The monoisotopic (exact) mass is 214 g/mol. The van der Waals surface area contributed by atoms with Gasteiger partial charge in [0.25, 0.3) is 0 Å². The lowest BCUT2D eigenvalue weighted by molar-refractivity contribution is -0.119. The molecule has 1 unspecified atom stereocenters. The molecule has 1 fully saturated rings. The third kappa shape index (κ3) is 5.74. The molecule has 1 rings (SSSR count). The minimum atomic E-state index is -0.0662. The van der Waals surface area contributed by atoms with Gasteiger partial charge in [0.2, 0.25) is 5.91 Å². The van der Waals surface area contributed by atoms with Crippen LogP contribution in [0.2, 0.25) is 0 Å². The van der Waals surface area contributed by atoms with Gasteiger partial charge in [-0.15, -0.1) is 0 Å². The number of hydrogen-bond donors (Lipinski definition) is 2. The van der Waals surface area contributed by atoms with E-state index in [0.29, 0.717) is 19.1 Å². The number of ether oxygens (including phenoxy) is 1. The van der Waals surface area contributed by atoms with Crippen molar-refractivity contribution in [2.45, 2.75) is 45.3 Å². The van der Waals surface area contributed by atoms with Gasteiger partial charge in [-0.3, -0.25) is 4.79 Å².